The predicted octanol–water partition coefficient (Wildman–Crippen LogP) is 0.270. The standard InChI is InChI=1S/C28H36N4O9/c1-15(2)11-21(26(38)32-23(28(40)41)13-17-5-9-19(34)10-6-17)31-27(39)22(14-24(35)36)30-25(37)20(29)12-16-3-7-18(33)8-4-16/h3-10,15,20-23,33-34H,11-14,29H2,1-2H3,(H,30,37)(H,31,39)(H,32,38)(H,35,36)(H,40,41). The lowest BCUT2D eigenvalue weighted by Gasteiger charge is -2.25. The molecule has 0 aromatic heterocycles. The van der Waals surface area contributed by atoms with E-state index in [1.54, 1.807) is 26.0 Å². The van der Waals surface area contributed by atoms with Gasteiger partial charge in [-0.05, 0) is 54.2 Å². The molecule has 4 atom stereocenters. The molecular weight excluding hydrogens is 536 g/mol. The Bertz CT molecular complexity index is 1220. The van der Waals surface area contributed by atoms with Crippen molar-refractivity contribution in [2.45, 2.75) is 63.7 Å². The maximum absolute atomic E-state index is 13.1. The van der Waals surface area contributed by atoms with Crippen LogP contribution >= 0.6 is 0 Å². The minimum atomic E-state index is -1.57. The van der Waals surface area contributed by atoms with Crippen molar-refractivity contribution in [2.24, 2.45) is 11.7 Å². The highest BCUT2D eigenvalue weighted by Crippen LogP contribution is 2.13. The molecule has 0 saturated carbocycles. The molecule has 222 valence electrons. The van der Waals surface area contributed by atoms with E-state index in [-0.39, 0.29) is 36.7 Å². The van der Waals surface area contributed by atoms with Crippen molar-refractivity contribution in [1.82, 2.24) is 16.0 Å². The van der Waals surface area contributed by atoms with Gasteiger partial charge in [0.15, 0.2) is 0 Å². The summed E-state index contributed by atoms with van der Waals surface area (Å²) in [6, 6.07) is 6.43. The fourth-order valence-electron chi connectivity index (χ4n) is 3.96. The third kappa shape index (κ3) is 11.2. The summed E-state index contributed by atoms with van der Waals surface area (Å²) < 4.78 is 0. The molecule has 4 unspecified atom stereocenters. The number of rotatable bonds is 15. The quantitative estimate of drug-likeness (QED) is 0.145. The number of aliphatic carboxylic acids is 2. The van der Waals surface area contributed by atoms with Crippen molar-refractivity contribution in [1.29, 1.82) is 0 Å². The Labute approximate surface area is 236 Å². The molecule has 13 heteroatoms. The zero-order valence-electron chi connectivity index (χ0n) is 22.7. The SMILES string of the molecule is CC(C)CC(NC(=O)C(CC(=O)O)NC(=O)C(N)Cc1ccc(O)cc1)C(=O)NC(Cc1ccc(O)cc1)C(=O)O. The van der Waals surface area contributed by atoms with Crippen molar-refractivity contribution >= 4 is 29.7 Å². The molecule has 41 heavy (non-hydrogen) atoms. The first-order valence-corrected chi connectivity index (χ1v) is 12.9. The minimum absolute atomic E-state index is 0.00585. The molecule has 0 bridgehead atoms. The number of carboxylic acids is 2. The summed E-state index contributed by atoms with van der Waals surface area (Å²) in [6.45, 7) is 3.55. The van der Waals surface area contributed by atoms with Gasteiger partial charge >= 0.3 is 11.9 Å². The lowest BCUT2D eigenvalue weighted by molar-refractivity contribution is -0.143. The largest absolute Gasteiger partial charge is 0.508 e. The number of benzene rings is 2. The van der Waals surface area contributed by atoms with Crippen molar-refractivity contribution in [3.63, 3.8) is 0 Å². The van der Waals surface area contributed by atoms with Gasteiger partial charge in [-0.25, -0.2) is 4.79 Å². The molecule has 0 aliphatic heterocycles. The highest BCUT2D eigenvalue weighted by molar-refractivity contribution is 5.95. The van der Waals surface area contributed by atoms with E-state index in [2.05, 4.69) is 16.0 Å². The summed E-state index contributed by atoms with van der Waals surface area (Å²) in [6.07, 6.45) is -0.751. The summed E-state index contributed by atoms with van der Waals surface area (Å²) in [5.74, 6) is -5.37. The van der Waals surface area contributed by atoms with E-state index < -0.39 is 60.2 Å². The molecule has 0 saturated heterocycles. The number of amides is 3. The number of hydrogen-bond acceptors (Lipinski definition) is 8. The van der Waals surface area contributed by atoms with Gasteiger partial charge in [-0.15, -0.1) is 0 Å². The van der Waals surface area contributed by atoms with Gasteiger partial charge in [0, 0.05) is 6.42 Å². The van der Waals surface area contributed by atoms with Gasteiger partial charge in [-0.2, -0.15) is 0 Å². The van der Waals surface area contributed by atoms with Gasteiger partial charge in [-0.1, -0.05) is 38.1 Å². The monoisotopic (exact) mass is 572 g/mol. The van der Waals surface area contributed by atoms with Crippen LogP contribution in [0.3, 0.4) is 0 Å². The van der Waals surface area contributed by atoms with Crippen LogP contribution in [0.25, 0.3) is 0 Å². The molecule has 0 radical (unpaired) electrons. The number of nitrogens with one attached hydrogen (secondary N) is 3. The molecule has 13 nitrogen and oxygen atoms in total. The first-order chi connectivity index (χ1) is 19.2. The first-order valence-electron chi connectivity index (χ1n) is 12.9. The molecule has 2 aromatic rings. The summed E-state index contributed by atoms with van der Waals surface area (Å²) in [5.41, 5.74) is 7.11. The average Bonchev–Trinajstić information content (AvgIpc) is 2.89. The number of nitrogens with two attached hydrogens (primary N) is 1. The Balaban J connectivity index is 2.13. The Morgan fingerprint density at radius 1 is 0.683 bits per heavy atom. The fourth-order valence-corrected chi connectivity index (χ4v) is 3.96. The lowest BCUT2D eigenvalue weighted by atomic mass is 10.0. The van der Waals surface area contributed by atoms with Crippen molar-refractivity contribution in [3.05, 3.63) is 59.7 Å². The lowest BCUT2D eigenvalue weighted by Crippen LogP contribution is -2.58. The molecule has 2 rings (SSSR count). The maximum atomic E-state index is 13.1. The maximum Gasteiger partial charge on any atom is 0.326 e. The van der Waals surface area contributed by atoms with Gasteiger partial charge < -0.3 is 42.1 Å². The van der Waals surface area contributed by atoms with E-state index in [1.807, 2.05) is 0 Å². The smallest absolute Gasteiger partial charge is 0.326 e. The Morgan fingerprint density at radius 2 is 1.12 bits per heavy atom. The molecule has 0 spiro atoms. The second-order valence-electron chi connectivity index (χ2n) is 10.1. The topological polar surface area (TPSA) is 228 Å². The number of aromatic hydroxyl groups is 2. The van der Waals surface area contributed by atoms with E-state index in [9.17, 15) is 44.4 Å². The number of carboxylic acid groups (broad SMARTS) is 2. The van der Waals surface area contributed by atoms with E-state index in [4.69, 9.17) is 5.73 Å². The molecule has 3 amide bonds. The van der Waals surface area contributed by atoms with Crippen molar-refractivity contribution < 1.29 is 44.4 Å². The predicted molar refractivity (Wildman–Crippen MR) is 147 cm³/mol. The molecule has 9 N–H and O–H groups in total. The zero-order chi connectivity index (χ0) is 30.7. The van der Waals surface area contributed by atoms with Crippen LogP contribution in [-0.2, 0) is 36.8 Å². The normalized spacial score (nSPS) is 13.9. The van der Waals surface area contributed by atoms with Gasteiger partial charge in [0.2, 0.25) is 17.7 Å². The summed E-state index contributed by atoms with van der Waals surface area (Å²) in [5, 5.41) is 45.0. The van der Waals surface area contributed by atoms with Gasteiger partial charge in [0.1, 0.15) is 29.6 Å². The highest BCUT2D eigenvalue weighted by atomic mass is 16.4. The second-order valence-corrected chi connectivity index (χ2v) is 10.1. The number of hydrogen-bond donors (Lipinski definition) is 8. The number of carbonyl (C=O) groups excluding carboxylic acids is 3. The first kappa shape index (κ1) is 32.6. The van der Waals surface area contributed by atoms with Crippen LogP contribution < -0.4 is 21.7 Å². The van der Waals surface area contributed by atoms with Crippen LogP contribution in [0.5, 0.6) is 11.5 Å². The van der Waals surface area contributed by atoms with Crippen LogP contribution in [0.2, 0.25) is 0 Å². The van der Waals surface area contributed by atoms with Crippen molar-refractivity contribution in [3.8, 4) is 11.5 Å². The van der Waals surface area contributed by atoms with Gasteiger partial charge in [-0.3, -0.25) is 19.2 Å². The molecule has 0 heterocycles. The van der Waals surface area contributed by atoms with Crippen LogP contribution in [-0.4, -0.2) is 74.3 Å². The molecular formula is C28H36N4O9. The van der Waals surface area contributed by atoms with E-state index in [0.717, 1.165) is 0 Å². The Hall–Kier alpha value is -4.65. The van der Waals surface area contributed by atoms with Gasteiger partial charge in [0.05, 0.1) is 12.5 Å². The fraction of sp³-hybridized carbons (Fsp3) is 0.393. The number of phenols is 2. The molecule has 0 fully saturated rings. The van der Waals surface area contributed by atoms with Crippen molar-refractivity contribution in [2.75, 3.05) is 0 Å². The summed E-state index contributed by atoms with van der Waals surface area (Å²) in [7, 11) is 0. The van der Waals surface area contributed by atoms with E-state index in [1.165, 1.54) is 36.4 Å². The highest BCUT2D eigenvalue weighted by Gasteiger charge is 2.32. The third-order valence-electron chi connectivity index (χ3n) is 6.07. The van der Waals surface area contributed by atoms with Crippen LogP contribution in [0.4, 0.5) is 0 Å². The van der Waals surface area contributed by atoms with Crippen LogP contribution in [0.15, 0.2) is 48.5 Å². The van der Waals surface area contributed by atoms with E-state index >= 15 is 0 Å². The Morgan fingerprint density at radius 3 is 1.59 bits per heavy atom. The summed E-state index contributed by atoms with van der Waals surface area (Å²) >= 11 is 0. The van der Waals surface area contributed by atoms with Crippen LogP contribution in [0, 0.1) is 5.92 Å². The second kappa shape index (κ2) is 15.2. The van der Waals surface area contributed by atoms with Gasteiger partial charge in [0.25, 0.3) is 0 Å². The molecule has 0 aliphatic carbocycles. The average molecular weight is 573 g/mol. The Kier molecular flexibility index (Phi) is 12.1. The van der Waals surface area contributed by atoms with Crippen LogP contribution in [0.1, 0.15) is 37.8 Å². The molecule has 0 aliphatic rings. The summed E-state index contributed by atoms with van der Waals surface area (Å²) in [4.78, 5) is 62.2. The zero-order valence-corrected chi connectivity index (χ0v) is 22.7. The number of phenolic OH excluding ortho intramolecular Hbond substituents is 2. The minimum Gasteiger partial charge on any atom is -0.508 e. The van der Waals surface area contributed by atoms with E-state index in [0.29, 0.717) is 11.1 Å². The molecule has 2 aromatic carbocycles. The third-order valence-corrected chi connectivity index (χ3v) is 6.07. The number of carbonyl (C=O) groups is 5.